The van der Waals surface area contributed by atoms with Gasteiger partial charge in [-0.05, 0) is 83.5 Å². The molecule has 19 heteroatoms. The molecule has 0 saturated heterocycles. The molecule has 5 unspecified atom stereocenters. The van der Waals surface area contributed by atoms with Gasteiger partial charge in [0.15, 0.2) is 6.10 Å². The molecule has 0 aromatic carbocycles. The topological polar surface area (TPSA) is 276 Å². The first-order chi connectivity index (χ1) is 32.5. The van der Waals surface area contributed by atoms with Gasteiger partial charge >= 0.3 is 27.6 Å². The maximum Gasteiger partial charge on any atom is 0.472 e. The Morgan fingerprint density at radius 2 is 1.03 bits per heavy atom. The molecule has 0 aliphatic heterocycles. The summed E-state index contributed by atoms with van der Waals surface area (Å²) in [5.41, 5.74) is 0. The number of ether oxygens (including phenoxy) is 2. The molecule has 0 aromatic rings. The summed E-state index contributed by atoms with van der Waals surface area (Å²) in [6.07, 6.45) is 31.7. The number of rotatable bonds is 38. The molecule has 9 atom stereocenters. The standard InChI is InChI=1S/C49H80O17P2/c1-3-5-6-7-8-9-10-11-12-13-14-18-21-24-27-30-33-36-42(51)62-38-41(39-63-68(60,61)66-49-46(55)44(53)45(54)48(47(49)56)65-67(57,58)59)64-43(52)37-34-31-28-25-22-19-16-15-17-20-23-26-29-32-35-40(50)4-2/h8-9,11-12,14,16-20,25-26,28-29,32,35,40-41,44-50,53-56H,3-7,10,13,15,21-24,27,30-31,33-34,36-39H2,1-2H3,(H,60,61)(H2,57,58,59)/b9-8-,12-11-,18-14-,19-16-,20-17-,28-25-,29-26-,35-32+/t40-,41-,44?,45?,46?,47?,48-,49+/m1/s1. The van der Waals surface area contributed by atoms with Crippen LogP contribution < -0.4 is 0 Å². The summed E-state index contributed by atoms with van der Waals surface area (Å²) in [5.74, 6) is -1.33. The summed E-state index contributed by atoms with van der Waals surface area (Å²) in [4.78, 5) is 54.3. The molecule has 0 radical (unpaired) electrons. The van der Waals surface area contributed by atoms with Gasteiger partial charge in [-0.25, -0.2) is 9.13 Å². The molecular formula is C49H80O17P2. The van der Waals surface area contributed by atoms with Crippen molar-refractivity contribution in [2.24, 2.45) is 0 Å². The van der Waals surface area contributed by atoms with Crippen LogP contribution in [0.1, 0.15) is 136 Å². The molecule has 1 saturated carbocycles. The molecule has 1 fully saturated rings. The lowest BCUT2D eigenvalue weighted by molar-refractivity contribution is -0.216. The number of allylic oxidation sites excluding steroid dienone is 15. The molecule has 1 aliphatic rings. The Morgan fingerprint density at radius 3 is 1.57 bits per heavy atom. The van der Waals surface area contributed by atoms with E-state index < -0.39 is 89.6 Å². The van der Waals surface area contributed by atoms with Crippen molar-refractivity contribution < 1.29 is 82.0 Å². The summed E-state index contributed by atoms with van der Waals surface area (Å²) >= 11 is 0. The Bertz CT molecular complexity index is 1700. The molecule has 1 aliphatic carbocycles. The van der Waals surface area contributed by atoms with Gasteiger partial charge in [0.2, 0.25) is 0 Å². The Labute approximate surface area is 403 Å². The monoisotopic (exact) mass is 1000 g/mol. The van der Waals surface area contributed by atoms with Gasteiger partial charge < -0.3 is 49.7 Å². The van der Waals surface area contributed by atoms with Gasteiger partial charge in [0, 0.05) is 12.8 Å². The van der Waals surface area contributed by atoms with E-state index in [9.17, 15) is 58.9 Å². The maximum absolute atomic E-state index is 13.0. The smallest absolute Gasteiger partial charge is 0.462 e. The maximum atomic E-state index is 13.0. The van der Waals surface area contributed by atoms with E-state index in [4.69, 9.17) is 18.5 Å². The third-order valence-corrected chi connectivity index (χ3v) is 11.8. The Morgan fingerprint density at radius 1 is 0.544 bits per heavy atom. The highest BCUT2D eigenvalue weighted by molar-refractivity contribution is 7.47. The second-order valence-corrected chi connectivity index (χ2v) is 18.9. The van der Waals surface area contributed by atoms with Crippen LogP contribution in [0.25, 0.3) is 0 Å². The van der Waals surface area contributed by atoms with Crippen LogP contribution in [0.2, 0.25) is 0 Å². The van der Waals surface area contributed by atoms with Gasteiger partial charge in [0.1, 0.15) is 43.2 Å². The fourth-order valence-corrected chi connectivity index (χ4v) is 7.97. The van der Waals surface area contributed by atoms with Crippen molar-refractivity contribution in [2.45, 2.75) is 185 Å². The summed E-state index contributed by atoms with van der Waals surface area (Å²) in [7, 11) is -10.7. The number of esters is 2. The van der Waals surface area contributed by atoms with Gasteiger partial charge in [-0.1, -0.05) is 137 Å². The molecule has 8 N–H and O–H groups in total. The van der Waals surface area contributed by atoms with Crippen molar-refractivity contribution in [1.29, 1.82) is 0 Å². The lowest BCUT2D eigenvalue weighted by Gasteiger charge is -2.43. The van der Waals surface area contributed by atoms with E-state index in [-0.39, 0.29) is 12.8 Å². The van der Waals surface area contributed by atoms with Crippen LogP contribution in [-0.4, -0.2) is 114 Å². The molecule has 0 amide bonds. The zero-order valence-electron chi connectivity index (χ0n) is 39.9. The minimum Gasteiger partial charge on any atom is -0.462 e. The summed E-state index contributed by atoms with van der Waals surface area (Å²) in [6.45, 7) is 2.67. The van der Waals surface area contributed by atoms with Crippen molar-refractivity contribution in [3.8, 4) is 0 Å². The number of phosphoric ester groups is 2. The van der Waals surface area contributed by atoms with Crippen molar-refractivity contribution in [1.82, 2.24) is 0 Å². The SMILES string of the molecule is CCCCC/C=C\C/C=C\C/C=C\CCCCCCC(=O)OC[C@H](COP(=O)(O)O[C@H]1C(O)C(O)C(O)[C@@H](OP(=O)(O)O)C1O)OC(=O)CCC/C=C\C/C=C\C/C=C\C/C=C\C=C\[C@H](O)CC. The summed E-state index contributed by atoms with van der Waals surface area (Å²) in [6, 6.07) is 0. The van der Waals surface area contributed by atoms with Crippen LogP contribution in [0.5, 0.6) is 0 Å². The van der Waals surface area contributed by atoms with Crippen LogP contribution in [0.3, 0.4) is 0 Å². The minimum absolute atomic E-state index is 0.0590. The van der Waals surface area contributed by atoms with E-state index in [1.807, 2.05) is 55.5 Å². The van der Waals surface area contributed by atoms with Crippen molar-refractivity contribution in [2.75, 3.05) is 13.2 Å². The quantitative estimate of drug-likeness (QED) is 0.00953. The predicted octanol–water partition coefficient (Wildman–Crippen LogP) is 8.14. The van der Waals surface area contributed by atoms with Crippen LogP contribution in [-0.2, 0) is 41.8 Å². The van der Waals surface area contributed by atoms with E-state index >= 15 is 0 Å². The number of unbranched alkanes of at least 4 members (excludes halogenated alkanes) is 8. The molecule has 0 heterocycles. The van der Waals surface area contributed by atoms with Crippen molar-refractivity contribution in [3.05, 3.63) is 97.2 Å². The average Bonchev–Trinajstić information content (AvgIpc) is 3.29. The molecule has 388 valence electrons. The van der Waals surface area contributed by atoms with E-state index in [1.165, 1.54) is 19.3 Å². The molecule has 0 spiro atoms. The Hall–Kier alpha value is -3.12. The fourth-order valence-electron chi connectivity index (χ4n) is 6.43. The minimum atomic E-state index is -5.38. The van der Waals surface area contributed by atoms with Gasteiger partial charge in [-0.2, -0.15) is 0 Å². The molecule has 1 rings (SSSR count). The van der Waals surface area contributed by atoms with Gasteiger partial charge in [-0.15, -0.1) is 0 Å². The third kappa shape index (κ3) is 32.6. The van der Waals surface area contributed by atoms with Crippen LogP contribution >= 0.6 is 15.6 Å². The zero-order valence-corrected chi connectivity index (χ0v) is 41.6. The first-order valence-electron chi connectivity index (χ1n) is 23.9. The lowest BCUT2D eigenvalue weighted by Crippen LogP contribution is -2.64. The van der Waals surface area contributed by atoms with Gasteiger partial charge in [0.05, 0.1) is 12.7 Å². The molecule has 0 aromatic heterocycles. The van der Waals surface area contributed by atoms with Crippen LogP contribution in [0, 0.1) is 0 Å². The van der Waals surface area contributed by atoms with Gasteiger partial charge in [-0.3, -0.25) is 23.2 Å². The van der Waals surface area contributed by atoms with E-state index in [0.717, 1.165) is 57.8 Å². The van der Waals surface area contributed by atoms with Crippen LogP contribution in [0.4, 0.5) is 0 Å². The zero-order chi connectivity index (χ0) is 50.5. The summed E-state index contributed by atoms with van der Waals surface area (Å²) < 4.78 is 49.3. The highest BCUT2D eigenvalue weighted by Crippen LogP contribution is 2.49. The first kappa shape index (κ1) is 62.9. The highest BCUT2D eigenvalue weighted by Gasteiger charge is 2.54. The number of carbonyl (C=O) groups excluding carboxylic acids is 2. The second kappa shape index (κ2) is 38.6. The molecule has 17 nitrogen and oxygen atoms in total. The highest BCUT2D eigenvalue weighted by atomic mass is 31.2. The number of aliphatic hydroxyl groups excluding tert-OH is 5. The fraction of sp³-hybridized carbons (Fsp3) is 0.633. The second-order valence-electron chi connectivity index (χ2n) is 16.3. The van der Waals surface area contributed by atoms with E-state index in [2.05, 4.69) is 54.0 Å². The van der Waals surface area contributed by atoms with Crippen molar-refractivity contribution in [3.63, 3.8) is 0 Å². The molecule has 68 heavy (non-hydrogen) atoms. The largest absolute Gasteiger partial charge is 0.472 e. The molecule has 0 bridgehead atoms. The average molecular weight is 1000 g/mol. The lowest BCUT2D eigenvalue weighted by atomic mass is 9.85. The Kier molecular flexibility index (Phi) is 35.7. The van der Waals surface area contributed by atoms with Gasteiger partial charge in [0.25, 0.3) is 0 Å². The number of phosphoric acid groups is 2. The number of hydrogen-bond donors (Lipinski definition) is 8. The number of carbonyl (C=O) groups is 2. The van der Waals surface area contributed by atoms with Crippen molar-refractivity contribution >= 4 is 27.6 Å². The predicted molar refractivity (Wildman–Crippen MR) is 261 cm³/mol. The third-order valence-electron chi connectivity index (χ3n) is 10.3. The van der Waals surface area contributed by atoms with Crippen LogP contribution in [0.15, 0.2) is 97.2 Å². The first-order valence-corrected chi connectivity index (χ1v) is 26.9. The van der Waals surface area contributed by atoms with E-state index in [0.29, 0.717) is 32.1 Å². The summed E-state index contributed by atoms with van der Waals surface area (Å²) in [5, 5.41) is 50.7. The number of hydrogen-bond acceptors (Lipinski definition) is 14. The normalized spacial score (nSPS) is 22.6. The number of aliphatic hydroxyl groups is 5. The molecular weight excluding hydrogens is 922 g/mol. The Balaban J connectivity index is 2.66. The van der Waals surface area contributed by atoms with E-state index in [1.54, 1.807) is 6.08 Å².